The standard InChI is InChI=1S/C10H22N2/c1-8-7-12(5)9(2)6-10(8)11(3)4/h8-10H,6-7H2,1-5H3/t8-,9+,10+/m1/s1. The highest BCUT2D eigenvalue weighted by molar-refractivity contribution is 4.85. The van der Waals surface area contributed by atoms with Gasteiger partial charge >= 0.3 is 0 Å². The molecule has 0 N–H and O–H groups in total. The lowest BCUT2D eigenvalue weighted by Gasteiger charge is -2.42. The van der Waals surface area contributed by atoms with Crippen LogP contribution in [-0.2, 0) is 0 Å². The van der Waals surface area contributed by atoms with E-state index in [0.717, 1.165) is 18.0 Å². The molecule has 1 fully saturated rings. The zero-order chi connectivity index (χ0) is 9.30. The molecule has 12 heavy (non-hydrogen) atoms. The lowest BCUT2D eigenvalue weighted by Crippen LogP contribution is -2.50. The Bertz CT molecular complexity index is 145. The largest absolute Gasteiger partial charge is 0.306 e. The number of rotatable bonds is 1. The molecule has 2 heteroatoms. The van der Waals surface area contributed by atoms with Crippen LogP contribution in [0.15, 0.2) is 0 Å². The molecule has 0 amide bonds. The number of likely N-dealkylation sites (tertiary alicyclic amines) is 1. The van der Waals surface area contributed by atoms with E-state index in [2.05, 4.69) is 44.8 Å². The molecule has 1 heterocycles. The van der Waals surface area contributed by atoms with Crippen LogP contribution in [0.4, 0.5) is 0 Å². The van der Waals surface area contributed by atoms with Crippen LogP contribution in [0.2, 0.25) is 0 Å². The van der Waals surface area contributed by atoms with Crippen molar-refractivity contribution in [1.82, 2.24) is 9.80 Å². The number of piperidine rings is 1. The summed E-state index contributed by atoms with van der Waals surface area (Å²) in [7, 11) is 6.62. The van der Waals surface area contributed by atoms with Crippen molar-refractivity contribution in [2.45, 2.75) is 32.4 Å². The first-order valence-corrected chi connectivity index (χ1v) is 4.89. The third kappa shape index (κ3) is 1.99. The van der Waals surface area contributed by atoms with Crippen LogP contribution in [-0.4, -0.2) is 49.6 Å². The summed E-state index contributed by atoms with van der Waals surface area (Å²) < 4.78 is 0. The van der Waals surface area contributed by atoms with E-state index in [1.54, 1.807) is 0 Å². The van der Waals surface area contributed by atoms with E-state index >= 15 is 0 Å². The summed E-state index contributed by atoms with van der Waals surface area (Å²) in [6, 6.07) is 1.52. The predicted molar refractivity (Wildman–Crippen MR) is 53.3 cm³/mol. The molecule has 1 saturated heterocycles. The lowest BCUT2D eigenvalue weighted by atomic mass is 9.89. The molecule has 1 aliphatic heterocycles. The van der Waals surface area contributed by atoms with Gasteiger partial charge in [-0.05, 0) is 40.4 Å². The smallest absolute Gasteiger partial charge is 0.0142 e. The van der Waals surface area contributed by atoms with Crippen molar-refractivity contribution in [1.29, 1.82) is 0 Å². The third-order valence-corrected chi connectivity index (χ3v) is 3.23. The Hall–Kier alpha value is -0.0800. The van der Waals surface area contributed by atoms with Gasteiger partial charge in [-0.15, -0.1) is 0 Å². The fourth-order valence-corrected chi connectivity index (χ4v) is 2.24. The second-order valence-corrected chi connectivity index (χ2v) is 4.53. The molecule has 1 rings (SSSR count). The van der Waals surface area contributed by atoms with Gasteiger partial charge in [0, 0.05) is 18.6 Å². The van der Waals surface area contributed by atoms with Gasteiger partial charge in [-0.25, -0.2) is 0 Å². The quantitative estimate of drug-likeness (QED) is 0.585. The minimum absolute atomic E-state index is 0.744. The molecule has 72 valence electrons. The van der Waals surface area contributed by atoms with Crippen LogP contribution in [0.25, 0.3) is 0 Å². The van der Waals surface area contributed by atoms with E-state index < -0.39 is 0 Å². The van der Waals surface area contributed by atoms with Gasteiger partial charge in [0.1, 0.15) is 0 Å². The van der Waals surface area contributed by atoms with Gasteiger partial charge in [0.05, 0.1) is 0 Å². The topological polar surface area (TPSA) is 6.48 Å². The van der Waals surface area contributed by atoms with Gasteiger partial charge in [0.2, 0.25) is 0 Å². The molecule has 1 aliphatic rings. The van der Waals surface area contributed by atoms with Crippen LogP contribution < -0.4 is 0 Å². The summed E-state index contributed by atoms with van der Waals surface area (Å²) in [5, 5.41) is 0. The number of hydrogen-bond donors (Lipinski definition) is 0. The van der Waals surface area contributed by atoms with Crippen LogP contribution in [0.5, 0.6) is 0 Å². The molecule has 0 radical (unpaired) electrons. The Morgan fingerprint density at radius 1 is 1.25 bits per heavy atom. The Morgan fingerprint density at radius 3 is 2.33 bits per heavy atom. The monoisotopic (exact) mass is 170 g/mol. The summed E-state index contributed by atoms with van der Waals surface area (Å²) in [5.74, 6) is 0.807. The fraction of sp³-hybridized carbons (Fsp3) is 1.00. The van der Waals surface area contributed by atoms with Crippen molar-refractivity contribution in [3.8, 4) is 0 Å². The van der Waals surface area contributed by atoms with E-state index in [9.17, 15) is 0 Å². The average molecular weight is 170 g/mol. The SMILES string of the molecule is C[C@@H]1CN(C)[C@@H](C)C[C@@H]1N(C)C. The maximum atomic E-state index is 2.46. The summed E-state index contributed by atoms with van der Waals surface area (Å²) in [4.78, 5) is 4.83. The Balaban J connectivity index is 2.55. The molecule has 0 spiro atoms. The highest BCUT2D eigenvalue weighted by Gasteiger charge is 2.29. The van der Waals surface area contributed by atoms with Crippen molar-refractivity contribution in [3.63, 3.8) is 0 Å². The van der Waals surface area contributed by atoms with Crippen LogP contribution in [0.3, 0.4) is 0 Å². The lowest BCUT2D eigenvalue weighted by molar-refractivity contribution is 0.0726. The first kappa shape index (κ1) is 10.0. The molecule has 3 atom stereocenters. The molecule has 0 aromatic rings. The minimum atomic E-state index is 0.744. The Kier molecular flexibility index (Phi) is 3.13. The van der Waals surface area contributed by atoms with E-state index in [-0.39, 0.29) is 0 Å². The second kappa shape index (κ2) is 3.75. The van der Waals surface area contributed by atoms with Gasteiger partial charge in [-0.2, -0.15) is 0 Å². The maximum Gasteiger partial charge on any atom is 0.0142 e. The van der Waals surface area contributed by atoms with Gasteiger partial charge in [-0.3, -0.25) is 0 Å². The van der Waals surface area contributed by atoms with Crippen molar-refractivity contribution >= 4 is 0 Å². The van der Waals surface area contributed by atoms with E-state index in [1.807, 2.05) is 0 Å². The van der Waals surface area contributed by atoms with Gasteiger partial charge in [0.25, 0.3) is 0 Å². The zero-order valence-corrected chi connectivity index (χ0v) is 9.04. The Labute approximate surface area is 76.5 Å². The first-order chi connectivity index (χ1) is 5.52. The maximum absolute atomic E-state index is 2.46. The molecular formula is C10H22N2. The highest BCUT2D eigenvalue weighted by Crippen LogP contribution is 2.23. The third-order valence-electron chi connectivity index (χ3n) is 3.23. The van der Waals surface area contributed by atoms with Crippen molar-refractivity contribution < 1.29 is 0 Å². The molecule has 0 saturated carbocycles. The first-order valence-electron chi connectivity index (χ1n) is 4.89. The summed E-state index contributed by atoms with van der Waals surface area (Å²) in [5.41, 5.74) is 0. The van der Waals surface area contributed by atoms with Crippen molar-refractivity contribution in [2.24, 2.45) is 5.92 Å². The van der Waals surface area contributed by atoms with Gasteiger partial charge < -0.3 is 9.80 Å². The fourth-order valence-electron chi connectivity index (χ4n) is 2.24. The average Bonchev–Trinajstić information content (AvgIpc) is 1.96. The number of hydrogen-bond acceptors (Lipinski definition) is 2. The highest BCUT2D eigenvalue weighted by atomic mass is 15.2. The molecule has 0 aromatic heterocycles. The molecular weight excluding hydrogens is 148 g/mol. The summed E-state index contributed by atoms with van der Waals surface area (Å²) in [6.07, 6.45) is 1.31. The second-order valence-electron chi connectivity index (χ2n) is 4.53. The van der Waals surface area contributed by atoms with Gasteiger partial charge in [0.15, 0.2) is 0 Å². The summed E-state index contributed by atoms with van der Waals surface area (Å²) in [6.45, 7) is 5.92. The van der Waals surface area contributed by atoms with Gasteiger partial charge in [-0.1, -0.05) is 6.92 Å². The Morgan fingerprint density at radius 2 is 1.83 bits per heavy atom. The van der Waals surface area contributed by atoms with E-state index in [1.165, 1.54) is 13.0 Å². The molecule has 0 aliphatic carbocycles. The predicted octanol–water partition coefficient (Wildman–Crippen LogP) is 1.28. The minimum Gasteiger partial charge on any atom is -0.306 e. The van der Waals surface area contributed by atoms with E-state index in [0.29, 0.717) is 0 Å². The molecule has 0 aromatic carbocycles. The van der Waals surface area contributed by atoms with Crippen LogP contribution >= 0.6 is 0 Å². The summed E-state index contributed by atoms with van der Waals surface area (Å²) >= 11 is 0. The van der Waals surface area contributed by atoms with Crippen LogP contribution in [0.1, 0.15) is 20.3 Å². The zero-order valence-electron chi connectivity index (χ0n) is 9.04. The van der Waals surface area contributed by atoms with Crippen molar-refractivity contribution in [2.75, 3.05) is 27.7 Å². The normalized spacial score (nSPS) is 39.0. The number of nitrogens with zero attached hydrogens (tertiary/aromatic N) is 2. The van der Waals surface area contributed by atoms with Crippen LogP contribution in [0, 0.1) is 5.92 Å². The van der Waals surface area contributed by atoms with Crippen molar-refractivity contribution in [3.05, 3.63) is 0 Å². The molecule has 0 bridgehead atoms. The molecule has 0 unspecified atom stereocenters. The molecule has 2 nitrogen and oxygen atoms in total. The van der Waals surface area contributed by atoms with E-state index in [4.69, 9.17) is 0 Å².